The first-order valence-electron chi connectivity index (χ1n) is 8.02. The number of nitrogens with one attached hydrogen (secondary N) is 1. The molecule has 0 unspecified atom stereocenters. The Hall–Kier alpha value is -0.780. The fraction of sp³-hybridized carbons (Fsp3) is 0.625. The van der Waals surface area contributed by atoms with Crippen LogP contribution in [0.25, 0.3) is 9.88 Å². The molecule has 0 amide bonds. The molecule has 0 bridgehead atoms. The summed E-state index contributed by atoms with van der Waals surface area (Å²) < 4.78 is 0. The van der Waals surface area contributed by atoms with E-state index in [0.29, 0.717) is 0 Å². The number of rotatable bonds is 6. The summed E-state index contributed by atoms with van der Waals surface area (Å²) in [6.45, 7) is 4.25. The van der Waals surface area contributed by atoms with Gasteiger partial charge in [0.2, 0.25) is 0 Å². The molecule has 0 aliphatic heterocycles. The van der Waals surface area contributed by atoms with E-state index < -0.39 is 0 Å². The van der Waals surface area contributed by atoms with E-state index in [1.807, 2.05) is 11.3 Å². The van der Waals surface area contributed by atoms with Crippen molar-refractivity contribution in [3.63, 3.8) is 0 Å². The van der Waals surface area contributed by atoms with E-state index in [2.05, 4.69) is 28.5 Å². The zero-order valence-corrected chi connectivity index (χ0v) is 14.3. The predicted octanol–water partition coefficient (Wildman–Crippen LogP) is 4.08. The summed E-state index contributed by atoms with van der Waals surface area (Å²) in [6.07, 6.45) is 8.76. The lowest BCUT2D eigenvalue weighted by molar-refractivity contribution is 0.669. The van der Waals surface area contributed by atoms with Crippen molar-refractivity contribution in [1.29, 1.82) is 0 Å². The minimum Gasteiger partial charge on any atom is -0.317 e. The van der Waals surface area contributed by atoms with E-state index in [9.17, 15) is 0 Å². The summed E-state index contributed by atoms with van der Waals surface area (Å²) in [5, 5.41) is 14.4. The van der Waals surface area contributed by atoms with Gasteiger partial charge >= 0.3 is 0 Å². The molecule has 1 aliphatic rings. The molecule has 3 rings (SSSR count). The number of aromatic nitrogens is 2. The van der Waals surface area contributed by atoms with E-state index >= 15 is 0 Å². The highest BCUT2D eigenvalue weighted by atomic mass is 32.1. The van der Waals surface area contributed by atoms with Crippen LogP contribution >= 0.6 is 22.7 Å². The van der Waals surface area contributed by atoms with Crippen LogP contribution in [0.4, 0.5) is 0 Å². The Morgan fingerprint density at radius 2 is 2.05 bits per heavy atom. The molecule has 2 heterocycles. The molecular weight excluding hydrogens is 298 g/mol. The fourth-order valence-corrected chi connectivity index (χ4v) is 4.94. The second kappa shape index (κ2) is 7.47. The molecular formula is C16H23N3S2. The van der Waals surface area contributed by atoms with Crippen molar-refractivity contribution in [3.05, 3.63) is 21.5 Å². The zero-order valence-electron chi connectivity index (χ0n) is 12.7. The number of thiophene rings is 1. The zero-order chi connectivity index (χ0) is 14.5. The van der Waals surface area contributed by atoms with Gasteiger partial charge in [-0.25, -0.2) is 0 Å². The van der Waals surface area contributed by atoms with E-state index in [0.717, 1.165) is 30.9 Å². The molecule has 0 atom stereocenters. The maximum Gasteiger partial charge on any atom is 0.157 e. The van der Waals surface area contributed by atoms with Gasteiger partial charge in [-0.1, -0.05) is 24.7 Å². The molecule has 114 valence electrons. The predicted molar refractivity (Wildman–Crippen MR) is 91.3 cm³/mol. The number of hydrogen-bond donors (Lipinski definition) is 1. The van der Waals surface area contributed by atoms with Gasteiger partial charge in [-0.05, 0) is 56.8 Å². The summed E-state index contributed by atoms with van der Waals surface area (Å²) >= 11 is 3.72. The van der Waals surface area contributed by atoms with Crippen molar-refractivity contribution in [2.45, 2.75) is 51.9 Å². The molecule has 21 heavy (non-hydrogen) atoms. The highest BCUT2D eigenvalue weighted by molar-refractivity contribution is 7.21. The monoisotopic (exact) mass is 321 g/mol. The molecule has 1 aliphatic carbocycles. The van der Waals surface area contributed by atoms with Crippen molar-refractivity contribution >= 4 is 22.7 Å². The topological polar surface area (TPSA) is 37.8 Å². The summed E-state index contributed by atoms with van der Waals surface area (Å²) in [7, 11) is 0. The van der Waals surface area contributed by atoms with Gasteiger partial charge in [-0.15, -0.1) is 21.5 Å². The van der Waals surface area contributed by atoms with Gasteiger partial charge in [-0.3, -0.25) is 0 Å². The van der Waals surface area contributed by atoms with Crippen molar-refractivity contribution in [2.75, 3.05) is 13.1 Å². The van der Waals surface area contributed by atoms with Gasteiger partial charge in [-0.2, -0.15) is 0 Å². The Balaban J connectivity index is 1.65. The molecule has 2 aromatic rings. The Labute approximate surface area is 134 Å². The van der Waals surface area contributed by atoms with E-state index in [1.165, 1.54) is 42.0 Å². The molecule has 1 N–H and O–H groups in total. The maximum atomic E-state index is 4.41. The van der Waals surface area contributed by atoms with Crippen LogP contribution < -0.4 is 5.32 Å². The fourth-order valence-electron chi connectivity index (χ4n) is 2.77. The van der Waals surface area contributed by atoms with Crippen LogP contribution in [0.15, 0.2) is 6.07 Å². The van der Waals surface area contributed by atoms with Gasteiger partial charge in [0, 0.05) is 11.3 Å². The van der Waals surface area contributed by atoms with E-state index in [4.69, 9.17) is 0 Å². The van der Waals surface area contributed by atoms with E-state index in [1.54, 1.807) is 21.8 Å². The van der Waals surface area contributed by atoms with Crippen LogP contribution in [0.2, 0.25) is 0 Å². The largest absolute Gasteiger partial charge is 0.317 e. The molecule has 0 spiro atoms. The van der Waals surface area contributed by atoms with Gasteiger partial charge < -0.3 is 5.32 Å². The minimum atomic E-state index is 1.04. The van der Waals surface area contributed by atoms with Gasteiger partial charge in [0.25, 0.3) is 0 Å². The van der Waals surface area contributed by atoms with Crippen molar-refractivity contribution in [2.24, 2.45) is 0 Å². The van der Waals surface area contributed by atoms with Crippen molar-refractivity contribution in [1.82, 2.24) is 15.5 Å². The molecule has 0 saturated carbocycles. The number of hydrogen-bond acceptors (Lipinski definition) is 5. The third-order valence-electron chi connectivity index (χ3n) is 3.92. The first-order chi connectivity index (χ1) is 10.4. The lowest BCUT2D eigenvalue weighted by Crippen LogP contribution is -2.14. The van der Waals surface area contributed by atoms with Crippen LogP contribution in [0.3, 0.4) is 0 Å². The Morgan fingerprint density at radius 3 is 2.95 bits per heavy atom. The van der Waals surface area contributed by atoms with Crippen LogP contribution in [0, 0.1) is 0 Å². The van der Waals surface area contributed by atoms with Crippen molar-refractivity contribution in [3.8, 4) is 9.88 Å². The Bertz CT molecular complexity index is 550. The van der Waals surface area contributed by atoms with Gasteiger partial charge in [0.05, 0.1) is 4.88 Å². The van der Waals surface area contributed by atoms with Crippen LogP contribution in [-0.2, 0) is 19.3 Å². The number of aryl methyl sites for hydroxylation is 3. The molecule has 3 nitrogen and oxygen atoms in total. The molecule has 0 saturated heterocycles. The standard InChI is InChI=1S/C16H23N3S2/c1-2-17-10-6-9-15-18-19-16(21-15)14-11-12-7-4-3-5-8-13(12)20-14/h11,17H,2-10H2,1H3. The van der Waals surface area contributed by atoms with Crippen LogP contribution in [0.1, 0.15) is 48.1 Å². The highest BCUT2D eigenvalue weighted by Gasteiger charge is 2.15. The number of nitrogens with zero attached hydrogens (tertiary/aromatic N) is 2. The lowest BCUT2D eigenvalue weighted by Gasteiger charge is -1.97. The summed E-state index contributed by atoms with van der Waals surface area (Å²) in [5.41, 5.74) is 1.57. The van der Waals surface area contributed by atoms with Crippen molar-refractivity contribution < 1.29 is 0 Å². The molecule has 2 aromatic heterocycles. The third kappa shape index (κ3) is 3.90. The minimum absolute atomic E-state index is 1.04. The summed E-state index contributed by atoms with van der Waals surface area (Å²) in [5.74, 6) is 0. The quantitative estimate of drug-likeness (QED) is 0.643. The second-order valence-corrected chi connectivity index (χ2v) is 7.78. The lowest BCUT2D eigenvalue weighted by atomic mass is 10.1. The Morgan fingerprint density at radius 1 is 1.14 bits per heavy atom. The molecule has 0 aromatic carbocycles. The number of fused-ring (bicyclic) bond motifs is 1. The average molecular weight is 322 g/mol. The highest BCUT2D eigenvalue weighted by Crippen LogP contribution is 2.36. The van der Waals surface area contributed by atoms with Gasteiger partial charge in [0.15, 0.2) is 5.01 Å². The van der Waals surface area contributed by atoms with Crippen LogP contribution in [0.5, 0.6) is 0 Å². The second-order valence-electron chi connectivity index (χ2n) is 5.58. The first-order valence-corrected chi connectivity index (χ1v) is 9.65. The molecule has 0 fully saturated rings. The smallest absolute Gasteiger partial charge is 0.157 e. The van der Waals surface area contributed by atoms with Crippen LogP contribution in [-0.4, -0.2) is 23.3 Å². The van der Waals surface area contributed by atoms with Gasteiger partial charge in [0.1, 0.15) is 5.01 Å². The van der Waals surface area contributed by atoms with E-state index in [-0.39, 0.29) is 0 Å². The maximum absolute atomic E-state index is 4.41. The SMILES string of the molecule is CCNCCCc1nnc(-c2cc3c(s2)CCCCC3)s1. The summed E-state index contributed by atoms with van der Waals surface area (Å²) in [4.78, 5) is 2.92. The first kappa shape index (κ1) is 15.1. The average Bonchev–Trinajstić information content (AvgIpc) is 3.06. The Kier molecular flexibility index (Phi) is 5.38. The normalized spacial score (nSPS) is 14.9. The third-order valence-corrected chi connectivity index (χ3v) is 6.31. The molecule has 0 radical (unpaired) electrons. The summed E-state index contributed by atoms with van der Waals surface area (Å²) in [6, 6.07) is 2.37. The molecule has 5 heteroatoms.